The van der Waals surface area contributed by atoms with Crippen LogP contribution in [0.25, 0.3) is 22.4 Å². The Labute approximate surface area is 184 Å². The second kappa shape index (κ2) is 7.92. The average molecular weight is 428 g/mol. The van der Waals surface area contributed by atoms with E-state index in [1.807, 2.05) is 60.1 Å². The fraction of sp³-hybridized carbons (Fsp3) is 0.160. The molecular weight excluding hydrogens is 407 g/mol. The van der Waals surface area contributed by atoms with E-state index in [4.69, 9.17) is 4.98 Å². The van der Waals surface area contributed by atoms with E-state index >= 15 is 0 Å². The smallest absolute Gasteiger partial charge is 0.229 e. The third-order valence-corrected chi connectivity index (χ3v) is 5.84. The van der Waals surface area contributed by atoms with Gasteiger partial charge in [-0.1, -0.05) is 24.3 Å². The van der Waals surface area contributed by atoms with Crippen LogP contribution in [0.5, 0.6) is 0 Å². The second-order valence-electron chi connectivity index (χ2n) is 7.91. The summed E-state index contributed by atoms with van der Waals surface area (Å²) in [5.41, 5.74) is 3.75. The number of anilines is 2. The van der Waals surface area contributed by atoms with E-state index in [2.05, 4.69) is 5.32 Å². The summed E-state index contributed by atoms with van der Waals surface area (Å²) >= 11 is 0. The molecular formula is C25H21FN4O2. The highest BCUT2D eigenvalue weighted by atomic mass is 19.1. The topological polar surface area (TPSA) is 67.2 Å². The van der Waals surface area contributed by atoms with Gasteiger partial charge < -0.3 is 14.8 Å². The average Bonchev–Trinajstić information content (AvgIpc) is 3.35. The van der Waals surface area contributed by atoms with Crippen molar-refractivity contribution in [2.45, 2.75) is 6.42 Å². The zero-order chi connectivity index (χ0) is 22.2. The van der Waals surface area contributed by atoms with Crippen LogP contribution in [-0.4, -0.2) is 27.9 Å². The second-order valence-corrected chi connectivity index (χ2v) is 7.91. The summed E-state index contributed by atoms with van der Waals surface area (Å²) in [6, 6.07) is 21.5. The predicted molar refractivity (Wildman–Crippen MR) is 122 cm³/mol. The summed E-state index contributed by atoms with van der Waals surface area (Å²) < 4.78 is 16.1. The van der Waals surface area contributed by atoms with Gasteiger partial charge in [-0.25, -0.2) is 9.37 Å². The Bertz CT molecular complexity index is 1330. The minimum absolute atomic E-state index is 0.0537. The zero-order valence-electron chi connectivity index (χ0n) is 17.5. The largest absolute Gasteiger partial charge is 0.327 e. The van der Waals surface area contributed by atoms with E-state index in [1.54, 1.807) is 18.2 Å². The molecule has 4 aromatic rings. The Morgan fingerprint density at radius 2 is 1.75 bits per heavy atom. The van der Waals surface area contributed by atoms with Gasteiger partial charge in [-0.3, -0.25) is 9.59 Å². The Morgan fingerprint density at radius 1 is 1.03 bits per heavy atom. The molecule has 1 fully saturated rings. The number of hydrogen-bond acceptors (Lipinski definition) is 3. The fourth-order valence-corrected chi connectivity index (χ4v) is 4.14. The molecule has 5 rings (SSSR count). The van der Waals surface area contributed by atoms with Crippen molar-refractivity contribution in [1.29, 1.82) is 0 Å². The molecule has 1 N–H and O–H groups in total. The first-order chi connectivity index (χ1) is 15.5. The SMILES string of the molecule is Cn1c(-c2ccc(NC(=O)C3CC(=O)N(c4ccccc4F)C3)cc2)nc2ccccc21. The molecule has 0 spiro atoms. The van der Waals surface area contributed by atoms with Crippen LogP contribution in [0.15, 0.2) is 72.8 Å². The number of amides is 2. The van der Waals surface area contributed by atoms with Gasteiger partial charge >= 0.3 is 0 Å². The first kappa shape index (κ1) is 19.9. The Balaban J connectivity index is 1.29. The van der Waals surface area contributed by atoms with Crippen LogP contribution in [0.1, 0.15) is 6.42 Å². The van der Waals surface area contributed by atoms with Crippen molar-refractivity contribution >= 4 is 34.2 Å². The molecule has 2 heterocycles. The van der Waals surface area contributed by atoms with Crippen LogP contribution in [0.2, 0.25) is 0 Å². The van der Waals surface area contributed by atoms with E-state index in [-0.39, 0.29) is 30.5 Å². The molecule has 0 radical (unpaired) electrons. The summed E-state index contributed by atoms with van der Waals surface area (Å²) in [6.07, 6.45) is 0.0537. The third kappa shape index (κ3) is 3.51. The number of carbonyl (C=O) groups excluding carboxylic acids is 2. The Hall–Kier alpha value is -4.00. The molecule has 0 bridgehead atoms. The molecule has 7 heteroatoms. The van der Waals surface area contributed by atoms with Gasteiger partial charge in [-0.15, -0.1) is 0 Å². The van der Waals surface area contributed by atoms with Crippen molar-refractivity contribution in [1.82, 2.24) is 9.55 Å². The number of fused-ring (bicyclic) bond motifs is 1. The van der Waals surface area contributed by atoms with Crippen LogP contribution < -0.4 is 10.2 Å². The van der Waals surface area contributed by atoms with Gasteiger partial charge in [0, 0.05) is 31.3 Å². The summed E-state index contributed by atoms with van der Waals surface area (Å²) in [6.45, 7) is 0.156. The third-order valence-electron chi connectivity index (χ3n) is 5.84. The lowest BCUT2D eigenvalue weighted by atomic mass is 10.1. The van der Waals surface area contributed by atoms with Crippen LogP contribution in [0.3, 0.4) is 0 Å². The van der Waals surface area contributed by atoms with E-state index in [0.29, 0.717) is 5.69 Å². The molecule has 1 atom stereocenters. The molecule has 2 amide bonds. The zero-order valence-corrected chi connectivity index (χ0v) is 17.5. The van der Waals surface area contributed by atoms with Crippen molar-refractivity contribution in [3.8, 4) is 11.4 Å². The number of para-hydroxylation sites is 3. The standard InChI is InChI=1S/C25H21FN4O2/c1-29-22-9-5-3-7-20(22)28-24(29)16-10-12-18(13-11-16)27-25(32)17-14-23(31)30(15-17)21-8-4-2-6-19(21)26/h2-13,17H,14-15H2,1H3,(H,27,32). The minimum atomic E-state index is -0.540. The van der Waals surface area contributed by atoms with Crippen LogP contribution in [0, 0.1) is 11.7 Å². The van der Waals surface area contributed by atoms with Gasteiger partial charge in [0.1, 0.15) is 11.6 Å². The number of imidazole rings is 1. The Kier molecular flexibility index (Phi) is 4.93. The fourth-order valence-electron chi connectivity index (χ4n) is 4.14. The van der Waals surface area contributed by atoms with Gasteiger partial charge in [-0.05, 0) is 48.5 Å². The maximum absolute atomic E-state index is 14.1. The molecule has 1 saturated heterocycles. The number of hydrogen-bond donors (Lipinski definition) is 1. The molecule has 1 aliphatic rings. The van der Waals surface area contributed by atoms with Crippen molar-refractivity contribution in [2.75, 3.05) is 16.8 Å². The van der Waals surface area contributed by atoms with Gasteiger partial charge in [-0.2, -0.15) is 0 Å². The minimum Gasteiger partial charge on any atom is -0.327 e. The van der Waals surface area contributed by atoms with Crippen molar-refractivity contribution in [3.05, 3.63) is 78.6 Å². The van der Waals surface area contributed by atoms with Crippen molar-refractivity contribution in [2.24, 2.45) is 13.0 Å². The van der Waals surface area contributed by atoms with E-state index in [9.17, 15) is 14.0 Å². The van der Waals surface area contributed by atoms with E-state index in [1.165, 1.54) is 11.0 Å². The normalized spacial score (nSPS) is 16.0. The van der Waals surface area contributed by atoms with E-state index in [0.717, 1.165) is 22.4 Å². The van der Waals surface area contributed by atoms with E-state index < -0.39 is 11.7 Å². The van der Waals surface area contributed by atoms with Gasteiger partial charge in [0.25, 0.3) is 0 Å². The predicted octanol–water partition coefficient (Wildman–Crippen LogP) is 4.37. The van der Waals surface area contributed by atoms with Crippen LogP contribution in [-0.2, 0) is 16.6 Å². The highest BCUT2D eigenvalue weighted by Gasteiger charge is 2.36. The van der Waals surface area contributed by atoms with Gasteiger partial charge in [0.05, 0.1) is 22.6 Å². The molecule has 6 nitrogen and oxygen atoms in total. The molecule has 1 aliphatic heterocycles. The first-order valence-electron chi connectivity index (χ1n) is 10.4. The summed E-state index contributed by atoms with van der Waals surface area (Å²) in [5, 5.41) is 2.87. The molecule has 32 heavy (non-hydrogen) atoms. The lowest BCUT2D eigenvalue weighted by molar-refractivity contribution is -0.122. The lowest BCUT2D eigenvalue weighted by Crippen LogP contribution is -2.28. The number of benzene rings is 3. The first-order valence-corrected chi connectivity index (χ1v) is 10.4. The molecule has 1 unspecified atom stereocenters. The quantitative estimate of drug-likeness (QED) is 0.525. The number of aryl methyl sites for hydroxylation is 1. The molecule has 3 aromatic carbocycles. The number of rotatable bonds is 4. The highest BCUT2D eigenvalue weighted by molar-refractivity contribution is 6.03. The summed E-state index contributed by atoms with van der Waals surface area (Å²) in [7, 11) is 1.97. The Morgan fingerprint density at radius 3 is 2.50 bits per heavy atom. The van der Waals surface area contributed by atoms with Crippen LogP contribution >= 0.6 is 0 Å². The molecule has 0 saturated carbocycles. The van der Waals surface area contributed by atoms with Crippen molar-refractivity contribution < 1.29 is 14.0 Å². The number of halogens is 1. The number of aromatic nitrogens is 2. The van der Waals surface area contributed by atoms with Crippen molar-refractivity contribution in [3.63, 3.8) is 0 Å². The number of nitrogens with zero attached hydrogens (tertiary/aromatic N) is 3. The van der Waals surface area contributed by atoms with Gasteiger partial charge in [0.15, 0.2) is 0 Å². The van der Waals surface area contributed by atoms with Gasteiger partial charge in [0.2, 0.25) is 11.8 Å². The molecule has 160 valence electrons. The molecule has 0 aliphatic carbocycles. The van der Waals surface area contributed by atoms with Crippen LogP contribution in [0.4, 0.5) is 15.8 Å². The monoisotopic (exact) mass is 428 g/mol. The molecule has 1 aromatic heterocycles. The maximum Gasteiger partial charge on any atom is 0.229 e. The number of nitrogens with one attached hydrogen (secondary N) is 1. The lowest BCUT2D eigenvalue weighted by Gasteiger charge is -2.17. The highest BCUT2D eigenvalue weighted by Crippen LogP contribution is 2.29. The summed E-state index contributed by atoms with van der Waals surface area (Å²) in [4.78, 5) is 31.2. The number of carbonyl (C=O) groups is 2. The maximum atomic E-state index is 14.1. The summed E-state index contributed by atoms with van der Waals surface area (Å²) in [5.74, 6) is -0.688.